The molecule has 6 heteroatoms. The molecule has 3 rings (SSSR count). The Hall–Kier alpha value is -2.05. The SMILES string of the molecule is CSc1ccc2cc(CN(C)Cc3c(C)nn(C)c3C)c(=O)[nH]c2c1. The van der Waals surface area contributed by atoms with E-state index in [0.29, 0.717) is 6.54 Å². The normalized spacial score (nSPS) is 11.6. The number of nitrogens with one attached hydrogen (secondary N) is 1. The fourth-order valence-electron chi connectivity index (χ4n) is 3.13. The van der Waals surface area contributed by atoms with Gasteiger partial charge in [0.25, 0.3) is 5.56 Å². The van der Waals surface area contributed by atoms with Crippen LogP contribution in [0, 0.1) is 13.8 Å². The van der Waals surface area contributed by atoms with Crippen molar-refractivity contribution >= 4 is 22.7 Å². The summed E-state index contributed by atoms with van der Waals surface area (Å²) in [7, 11) is 4.00. The van der Waals surface area contributed by atoms with Crippen molar-refractivity contribution in [3.05, 3.63) is 57.1 Å². The topological polar surface area (TPSA) is 53.9 Å². The molecule has 0 atom stereocenters. The van der Waals surface area contributed by atoms with Gasteiger partial charge in [-0.2, -0.15) is 5.10 Å². The monoisotopic (exact) mass is 356 g/mol. The minimum atomic E-state index is -0.0165. The van der Waals surface area contributed by atoms with E-state index in [2.05, 4.69) is 34.0 Å². The standard InChI is InChI=1S/C19H24N4OS/c1-12-17(13(2)23(4)21-12)11-22(3)10-15-8-14-6-7-16(25-5)9-18(14)20-19(15)24/h6-9H,10-11H2,1-5H3,(H,20,24). The van der Waals surface area contributed by atoms with Crippen molar-refractivity contribution in [2.24, 2.45) is 7.05 Å². The van der Waals surface area contributed by atoms with Crippen LogP contribution in [0.4, 0.5) is 0 Å². The van der Waals surface area contributed by atoms with Gasteiger partial charge in [0.15, 0.2) is 0 Å². The van der Waals surface area contributed by atoms with E-state index in [1.54, 1.807) is 11.8 Å². The molecule has 0 bridgehead atoms. The zero-order chi connectivity index (χ0) is 18.1. The summed E-state index contributed by atoms with van der Waals surface area (Å²) >= 11 is 1.67. The Balaban J connectivity index is 1.84. The number of hydrogen-bond donors (Lipinski definition) is 1. The van der Waals surface area contributed by atoms with Crippen LogP contribution in [0.15, 0.2) is 34.0 Å². The first-order chi connectivity index (χ1) is 11.9. The van der Waals surface area contributed by atoms with E-state index in [1.807, 2.05) is 44.1 Å². The molecule has 0 saturated carbocycles. The maximum atomic E-state index is 12.5. The minimum absolute atomic E-state index is 0.0165. The van der Waals surface area contributed by atoms with Gasteiger partial charge in [0, 0.05) is 47.4 Å². The molecule has 0 aliphatic heterocycles. The summed E-state index contributed by atoms with van der Waals surface area (Å²) < 4.78 is 1.91. The molecular formula is C19H24N4OS. The van der Waals surface area contributed by atoms with Gasteiger partial charge in [-0.25, -0.2) is 0 Å². The first-order valence-electron chi connectivity index (χ1n) is 8.26. The van der Waals surface area contributed by atoms with Crippen LogP contribution >= 0.6 is 11.8 Å². The second-order valence-electron chi connectivity index (χ2n) is 6.52. The summed E-state index contributed by atoms with van der Waals surface area (Å²) in [6.07, 6.45) is 2.03. The van der Waals surface area contributed by atoms with Gasteiger partial charge in [-0.15, -0.1) is 11.8 Å². The average Bonchev–Trinajstić information content (AvgIpc) is 2.81. The van der Waals surface area contributed by atoms with E-state index >= 15 is 0 Å². The third kappa shape index (κ3) is 3.65. The molecule has 0 amide bonds. The van der Waals surface area contributed by atoms with Crippen molar-refractivity contribution in [1.82, 2.24) is 19.7 Å². The fourth-order valence-corrected chi connectivity index (χ4v) is 3.57. The molecule has 2 heterocycles. The highest BCUT2D eigenvalue weighted by Crippen LogP contribution is 2.21. The summed E-state index contributed by atoms with van der Waals surface area (Å²) in [4.78, 5) is 18.8. The van der Waals surface area contributed by atoms with Crippen molar-refractivity contribution in [2.45, 2.75) is 31.8 Å². The summed E-state index contributed by atoms with van der Waals surface area (Å²) in [5.74, 6) is 0. The molecule has 0 saturated heterocycles. The van der Waals surface area contributed by atoms with Crippen molar-refractivity contribution < 1.29 is 0 Å². The van der Waals surface area contributed by atoms with E-state index in [4.69, 9.17) is 0 Å². The number of nitrogens with zero attached hydrogens (tertiary/aromatic N) is 3. The number of aromatic nitrogens is 3. The first-order valence-corrected chi connectivity index (χ1v) is 9.49. The van der Waals surface area contributed by atoms with Gasteiger partial charge in [-0.1, -0.05) is 6.07 Å². The van der Waals surface area contributed by atoms with Gasteiger partial charge >= 0.3 is 0 Å². The molecule has 0 unspecified atom stereocenters. The highest BCUT2D eigenvalue weighted by molar-refractivity contribution is 7.98. The number of fused-ring (bicyclic) bond motifs is 1. The van der Waals surface area contributed by atoms with Gasteiger partial charge in [0.1, 0.15) is 0 Å². The maximum Gasteiger partial charge on any atom is 0.252 e. The molecule has 132 valence electrons. The molecular weight excluding hydrogens is 332 g/mol. The van der Waals surface area contributed by atoms with Crippen LogP contribution in [0.3, 0.4) is 0 Å². The highest BCUT2D eigenvalue weighted by Gasteiger charge is 2.13. The van der Waals surface area contributed by atoms with Crippen molar-refractivity contribution in [3.8, 4) is 0 Å². The second-order valence-corrected chi connectivity index (χ2v) is 7.40. The van der Waals surface area contributed by atoms with E-state index in [-0.39, 0.29) is 5.56 Å². The van der Waals surface area contributed by atoms with Crippen LogP contribution in [0.25, 0.3) is 10.9 Å². The number of benzene rings is 1. The molecule has 0 aliphatic carbocycles. The lowest BCUT2D eigenvalue weighted by Crippen LogP contribution is -2.23. The van der Waals surface area contributed by atoms with Gasteiger partial charge < -0.3 is 4.98 Å². The zero-order valence-electron chi connectivity index (χ0n) is 15.4. The molecule has 0 aliphatic rings. The van der Waals surface area contributed by atoms with Crippen molar-refractivity contribution in [2.75, 3.05) is 13.3 Å². The molecule has 1 aromatic carbocycles. The van der Waals surface area contributed by atoms with Gasteiger partial charge in [0.2, 0.25) is 0 Å². The molecule has 25 heavy (non-hydrogen) atoms. The predicted molar refractivity (Wildman–Crippen MR) is 104 cm³/mol. The lowest BCUT2D eigenvalue weighted by atomic mass is 10.1. The van der Waals surface area contributed by atoms with Crippen LogP contribution in [0.1, 0.15) is 22.5 Å². The lowest BCUT2D eigenvalue weighted by Gasteiger charge is -2.17. The third-order valence-electron chi connectivity index (χ3n) is 4.66. The van der Waals surface area contributed by atoms with Gasteiger partial charge in [-0.05, 0) is 50.7 Å². The average molecular weight is 356 g/mol. The second kappa shape index (κ2) is 7.06. The van der Waals surface area contributed by atoms with E-state index in [9.17, 15) is 4.79 Å². The number of aromatic amines is 1. The van der Waals surface area contributed by atoms with Crippen LogP contribution in [-0.2, 0) is 20.1 Å². The van der Waals surface area contributed by atoms with Gasteiger partial charge in [0.05, 0.1) is 5.69 Å². The molecule has 5 nitrogen and oxygen atoms in total. The fraction of sp³-hybridized carbons (Fsp3) is 0.368. The van der Waals surface area contributed by atoms with Gasteiger partial charge in [-0.3, -0.25) is 14.4 Å². The van der Waals surface area contributed by atoms with Crippen LogP contribution < -0.4 is 5.56 Å². The Labute approximate surface area is 152 Å². The van der Waals surface area contributed by atoms with E-state index < -0.39 is 0 Å². The number of pyridine rings is 1. The Morgan fingerprint density at radius 3 is 2.64 bits per heavy atom. The first kappa shape index (κ1) is 17.8. The molecule has 0 fully saturated rings. The number of rotatable bonds is 5. The zero-order valence-corrected chi connectivity index (χ0v) is 16.2. The highest BCUT2D eigenvalue weighted by atomic mass is 32.2. The van der Waals surface area contributed by atoms with Crippen molar-refractivity contribution in [3.63, 3.8) is 0 Å². The molecule has 1 N–H and O–H groups in total. The van der Waals surface area contributed by atoms with Crippen LogP contribution in [-0.4, -0.2) is 33.0 Å². The smallest absolute Gasteiger partial charge is 0.252 e. The predicted octanol–water partition coefficient (Wildman–Crippen LogP) is 3.23. The summed E-state index contributed by atoms with van der Waals surface area (Å²) in [5.41, 5.74) is 5.10. The van der Waals surface area contributed by atoms with Crippen LogP contribution in [0.5, 0.6) is 0 Å². The van der Waals surface area contributed by atoms with Crippen LogP contribution in [0.2, 0.25) is 0 Å². The quantitative estimate of drug-likeness (QED) is 0.713. The van der Waals surface area contributed by atoms with E-state index in [1.165, 1.54) is 11.3 Å². The number of thioether (sulfide) groups is 1. The van der Waals surface area contributed by atoms with Crippen molar-refractivity contribution in [1.29, 1.82) is 0 Å². The molecule has 2 aromatic heterocycles. The minimum Gasteiger partial charge on any atom is -0.322 e. The lowest BCUT2D eigenvalue weighted by molar-refractivity contribution is 0.316. The Morgan fingerprint density at radius 2 is 2.00 bits per heavy atom. The summed E-state index contributed by atoms with van der Waals surface area (Å²) in [6, 6.07) is 8.17. The summed E-state index contributed by atoms with van der Waals surface area (Å²) in [5, 5.41) is 5.53. The Morgan fingerprint density at radius 1 is 1.24 bits per heavy atom. The number of hydrogen-bond acceptors (Lipinski definition) is 4. The molecule has 0 radical (unpaired) electrons. The third-order valence-corrected chi connectivity index (χ3v) is 5.38. The number of H-pyrrole nitrogens is 1. The Kier molecular flexibility index (Phi) is 5.01. The molecule has 0 spiro atoms. The largest absolute Gasteiger partial charge is 0.322 e. The summed E-state index contributed by atoms with van der Waals surface area (Å²) in [6.45, 7) is 5.48. The number of aryl methyl sites for hydroxylation is 2. The van der Waals surface area contributed by atoms with E-state index in [0.717, 1.165) is 33.6 Å². The molecule has 3 aromatic rings. The maximum absolute atomic E-state index is 12.5. The Bertz CT molecular complexity index is 973.